The molecule has 0 radical (unpaired) electrons. The number of tetrazole rings is 1. The summed E-state index contributed by atoms with van der Waals surface area (Å²) in [5.74, 6) is -0.113. The molecule has 0 unspecified atom stereocenters. The van der Waals surface area contributed by atoms with Crippen LogP contribution in [0.1, 0.15) is 16.7 Å². The van der Waals surface area contributed by atoms with Crippen molar-refractivity contribution in [1.82, 2.24) is 20.6 Å². The molecular formula is C10H11N5OS. The lowest BCUT2D eigenvalue weighted by atomic mass is 10.3. The van der Waals surface area contributed by atoms with Crippen molar-refractivity contribution in [2.24, 2.45) is 0 Å². The van der Waals surface area contributed by atoms with Crippen molar-refractivity contribution in [3.63, 3.8) is 0 Å². The summed E-state index contributed by atoms with van der Waals surface area (Å²) in [5.41, 5.74) is 0. The number of aromatic nitrogens is 4. The Balaban J connectivity index is 1.93. The first-order chi connectivity index (χ1) is 8.28. The average molecular weight is 249 g/mol. The molecule has 0 bridgehead atoms. The first-order valence-corrected chi connectivity index (χ1v) is 5.91. The molecule has 2 N–H and O–H groups in total. The molecule has 1 amide bonds. The quantitative estimate of drug-likeness (QED) is 0.804. The van der Waals surface area contributed by atoms with Crippen molar-refractivity contribution in [3.05, 3.63) is 28.0 Å². The zero-order valence-electron chi connectivity index (χ0n) is 9.17. The predicted molar refractivity (Wildman–Crippen MR) is 65.5 cm³/mol. The minimum absolute atomic E-state index is 0.167. The SMILES string of the molecule is CCc1ccc(C=CC(=O)Nc2nn[nH]n2)s1. The largest absolute Gasteiger partial charge is 0.288 e. The highest BCUT2D eigenvalue weighted by molar-refractivity contribution is 7.12. The molecule has 0 aliphatic heterocycles. The van der Waals surface area contributed by atoms with Gasteiger partial charge in [0.15, 0.2) is 0 Å². The lowest BCUT2D eigenvalue weighted by Crippen LogP contribution is -2.08. The highest BCUT2D eigenvalue weighted by atomic mass is 32.1. The van der Waals surface area contributed by atoms with E-state index in [2.05, 4.69) is 38.9 Å². The molecule has 0 aromatic carbocycles. The molecule has 0 atom stereocenters. The van der Waals surface area contributed by atoms with Gasteiger partial charge in [-0.2, -0.15) is 5.21 Å². The zero-order valence-corrected chi connectivity index (χ0v) is 9.99. The van der Waals surface area contributed by atoms with Crippen molar-refractivity contribution in [2.75, 3.05) is 5.32 Å². The van der Waals surface area contributed by atoms with Crippen LogP contribution in [0.5, 0.6) is 0 Å². The number of rotatable bonds is 4. The van der Waals surface area contributed by atoms with Crippen molar-refractivity contribution in [2.45, 2.75) is 13.3 Å². The highest BCUT2D eigenvalue weighted by Crippen LogP contribution is 2.18. The fourth-order valence-electron chi connectivity index (χ4n) is 1.20. The van der Waals surface area contributed by atoms with E-state index in [0.717, 1.165) is 11.3 Å². The van der Waals surface area contributed by atoms with Crippen LogP contribution < -0.4 is 5.32 Å². The van der Waals surface area contributed by atoms with Gasteiger partial charge in [0, 0.05) is 15.8 Å². The number of carbonyl (C=O) groups is 1. The fraction of sp³-hybridized carbons (Fsp3) is 0.200. The number of hydrogen-bond donors (Lipinski definition) is 2. The first kappa shape index (κ1) is 11.5. The van der Waals surface area contributed by atoms with E-state index < -0.39 is 0 Å². The lowest BCUT2D eigenvalue weighted by molar-refractivity contribution is -0.111. The molecule has 0 aliphatic carbocycles. The Kier molecular flexibility index (Phi) is 3.61. The van der Waals surface area contributed by atoms with Crippen LogP contribution in [0, 0.1) is 0 Å². The van der Waals surface area contributed by atoms with Crippen molar-refractivity contribution < 1.29 is 4.79 Å². The number of H-pyrrole nitrogens is 1. The highest BCUT2D eigenvalue weighted by Gasteiger charge is 2.01. The Morgan fingerprint density at radius 3 is 3.12 bits per heavy atom. The van der Waals surface area contributed by atoms with Crippen LogP contribution in [0.15, 0.2) is 18.2 Å². The van der Waals surface area contributed by atoms with Gasteiger partial charge in [-0.1, -0.05) is 12.0 Å². The molecule has 6 nitrogen and oxygen atoms in total. The number of anilines is 1. The third-order valence-corrected chi connectivity index (χ3v) is 3.21. The molecule has 17 heavy (non-hydrogen) atoms. The van der Waals surface area contributed by atoms with Crippen LogP contribution >= 0.6 is 11.3 Å². The summed E-state index contributed by atoms with van der Waals surface area (Å²) in [4.78, 5) is 13.8. The molecule has 0 spiro atoms. The molecule has 7 heteroatoms. The van der Waals surface area contributed by atoms with E-state index in [1.807, 2.05) is 6.07 Å². The standard InChI is InChI=1S/C10H11N5OS/c1-2-7-3-4-8(17-7)5-6-9(16)11-10-12-14-15-13-10/h3-6H,2H2,1H3,(H2,11,12,13,14,15,16). The van der Waals surface area contributed by atoms with Gasteiger partial charge in [-0.3, -0.25) is 10.1 Å². The second kappa shape index (κ2) is 5.35. The Bertz CT molecular complexity index is 517. The van der Waals surface area contributed by atoms with E-state index >= 15 is 0 Å². The smallest absolute Gasteiger partial charge is 0.270 e. The summed E-state index contributed by atoms with van der Waals surface area (Å²) < 4.78 is 0. The maximum atomic E-state index is 11.4. The molecule has 88 valence electrons. The van der Waals surface area contributed by atoms with Gasteiger partial charge in [0.05, 0.1) is 0 Å². The van der Waals surface area contributed by atoms with Gasteiger partial charge in [-0.25, -0.2) is 0 Å². The van der Waals surface area contributed by atoms with E-state index in [-0.39, 0.29) is 11.9 Å². The lowest BCUT2D eigenvalue weighted by Gasteiger charge is -1.92. The van der Waals surface area contributed by atoms with Crippen LogP contribution in [-0.4, -0.2) is 26.5 Å². The van der Waals surface area contributed by atoms with E-state index in [0.29, 0.717) is 0 Å². The van der Waals surface area contributed by atoms with E-state index in [4.69, 9.17) is 0 Å². The minimum atomic E-state index is -0.280. The number of nitrogens with zero attached hydrogens (tertiary/aromatic N) is 3. The van der Waals surface area contributed by atoms with Crippen LogP contribution in [0.3, 0.4) is 0 Å². The van der Waals surface area contributed by atoms with Crippen molar-refractivity contribution in [3.8, 4) is 0 Å². The minimum Gasteiger partial charge on any atom is -0.288 e. The number of aromatic amines is 1. The predicted octanol–water partition coefficient (Wildman–Crippen LogP) is 1.48. The van der Waals surface area contributed by atoms with Crippen LogP contribution in [0.2, 0.25) is 0 Å². The van der Waals surface area contributed by atoms with Crippen LogP contribution in [0.4, 0.5) is 5.95 Å². The van der Waals surface area contributed by atoms with E-state index in [1.54, 1.807) is 17.4 Å². The van der Waals surface area contributed by atoms with E-state index in [9.17, 15) is 4.79 Å². The normalized spacial score (nSPS) is 10.9. The fourth-order valence-corrected chi connectivity index (χ4v) is 2.05. The summed E-state index contributed by atoms with van der Waals surface area (Å²) in [7, 11) is 0. The maximum Gasteiger partial charge on any atom is 0.270 e. The summed E-state index contributed by atoms with van der Waals surface area (Å²) in [6.45, 7) is 2.10. The second-order valence-corrected chi connectivity index (χ2v) is 4.42. The Morgan fingerprint density at radius 2 is 2.47 bits per heavy atom. The monoisotopic (exact) mass is 249 g/mol. The van der Waals surface area contributed by atoms with Gasteiger partial charge in [-0.15, -0.1) is 16.4 Å². The number of nitrogens with one attached hydrogen (secondary N) is 2. The van der Waals surface area contributed by atoms with Crippen molar-refractivity contribution >= 4 is 29.3 Å². The molecule has 2 aromatic heterocycles. The molecule has 2 heterocycles. The Labute approximate surface area is 102 Å². The summed E-state index contributed by atoms with van der Waals surface area (Å²) in [6.07, 6.45) is 4.22. The first-order valence-electron chi connectivity index (χ1n) is 5.09. The van der Waals surface area contributed by atoms with Gasteiger partial charge in [0.1, 0.15) is 0 Å². The molecule has 2 rings (SSSR count). The third-order valence-electron chi connectivity index (χ3n) is 2.01. The topological polar surface area (TPSA) is 83.6 Å². The van der Waals surface area contributed by atoms with Gasteiger partial charge < -0.3 is 0 Å². The van der Waals surface area contributed by atoms with Gasteiger partial charge >= 0.3 is 0 Å². The van der Waals surface area contributed by atoms with Crippen LogP contribution in [-0.2, 0) is 11.2 Å². The molecule has 0 aliphatic rings. The molecule has 0 fully saturated rings. The average Bonchev–Trinajstić information content (AvgIpc) is 2.96. The van der Waals surface area contributed by atoms with E-state index in [1.165, 1.54) is 11.0 Å². The molecular weight excluding hydrogens is 238 g/mol. The summed E-state index contributed by atoms with van der Waals surface area (Å²) in [5, 5.41) is 15.3. The Hall–Kier alpha value is -2.02. The number of hydrogen-bond acceptors (Lipinski definition) is 5. The number of thiophene rings is 1. The number of amides is 1. The molecule has 2 aromatic rings. The second-order valence-electron chi connectivity index (χ2n) is 3.22. The number of carbonyl (C=O) groups excluding carboxylic acids is 1. The van der Waals surface area contributed by atoms with Gasteiger partial charge in [0.2, 0.25) is 0 Å². The Morgan fingerprint density at radius 1 is 1.59 bits per heavy atom. The van der Waals surface area contributed by atoms with Crippen LogP contribution in [0.25, 0.3) is 6.08 Å². The molecule has 0 saturated carbocycles. The van der Waals surface area contributed by atoms with Crippen molar-refractivity contribution in [1.29, 1.82) is 0 Å². The maximum absolute atomic E-state index is 11.4. The zero-order chi connectivity index (χ0) is 12.1. The molecule has 0 saturated heterocycles. The summed E-state index contributed by atoms with van der Waals surface area (Å²) >= 11 is 1.67. The third kappa shape index (κ3) is 3.22. The van der Waals surface area contributed by atoms with Gasteiger partial charge in [0.25, 0.3) is 11.9 Å². The summed E-state index contributed by atoms with van der Waals surface area (Å²) in [6, 6.07) is 4.04. The number of aryl methyl sites for hydroxylation is 1. The van der Waals surface area contributed by atoms with Gasteiger partial charge in [-0.05, 0) is 29.8 Å².